The van der Waals surface area contributed by atoms with Crippen LogP contribution in [0.3, 0.4) is 0 Å². The van der Waals surface area contributed by atoms with Gasteiger partial charge < -0.3 is 4.74 Å². The minimum absolute atomic E-state index is 0.222. The van der Waals surface area contributed by atoms with E-state index in [0.717, 1.165) is 22.9 Å². The molecule has 2 aromatic carbocycles. The Bertz CT molecular complexity index is 853. The van der Waals surface area contributed by atoms with Crippen LogP contribution in [0.5, 0.6) is 5.75 Å². The lowest BCUT2D eigenvalue weighted by Crippen LogP contribution is -2.11. The molecule has 0 bridgehead atoms. The summed E-state index contributed by atoms with van der Waals surface area (Å²) in [6.45, 7) is 0. The molecule has 26 heavy (non-hydrogen) atoms. The maximum atomic E-state index is 12.3. The zero-order valence-electron chi connectivity index (χ0n) is 14.3. The van der Waals surface area contributed by atoms with Gasteiger partial charge in [-0.05, 0) is 36.6 Å². The normalized spacial score (nSPS) is 10.5. The maximum Gasteiger partial charge on any atom is 0.257 e. The molecule has 7 heteroatoms. The SMILES string of the molecule is COc1cccc(C(=O)Nc2nnc(SCCCc3ccccc3)s2)c1. The van der Waals surface area contributed by atoms with Crippen LogP contribution in [0.15, 0.2) is 58.9 Å². The van der Waals surface area contributed by atoms with Gasteiger partial charge in [0.2, 0.25) is 5.13 Å². The van der Waals surface area contributed by atoms with E-state index in [1.165, 1.54) is 16.9 Å². The van der Waals surface area contributed by atoms with Crippen LogP contribution in [0.2, 0.25) is 0 Å². The van der Waals surface area contributed by atoms with Gasteiger partial charge in [0.1, 0.15) is 5.75 Å². The molecule has 0 saturated carbocycles. The molecule has 3 aromatic rings. The average molecular weight is 386 g/mol. The van der Waals surface area contributed by atoms with Gasteiger partial charge >= 0.3 is 0 Å². The maximum absolute atomic E-state index is 12.3. The highest BCUT2D eigenvalue weighted by molar-refractivity contribution is 8.01. The number of rotatable bonds is 8. The first-order valence-corrected chi connectivity index (χ1v) is 10.0. The molecule has 0 spiro atoms. The van der Waals surface area contributed by atoms with Crippen molar-refractivity contribution in [3.8, 4) is 5.75 Å². The van der Waals surface area contributed by atoms with Crippen LogP contribution < -0.4 is 10.1 Å². The zero-order chi connectivity index (χ0) is 18.2. The van der Waals surface area contributed by atoms with Gasteiger partial charge in [-0.3, -0.25) is 10.1 Å². The second-order valence-corrected chi connectivity index (χ2v) is 7.82. The van der Waals surface area contributed by atoms with Crippen LogP contribution in [0.25, 0.3) is 0 Å². The minimum Gasteiger partial charge on any atom is -0.497 e. The van der Waals surface area contributed by atoms with E-state index in [-0.39, 0.29) is 5.91 Å². The van der Waals surface area contributed by atoms with Crippen molar-refractivity contribution < 1.29 is 9.53 Å². The Kier molecular flexibility index (Phi) is 6.62. The molecule has 5 nitrogen and oxygen atoms in total. The van der Waals surface area contributed by atoms with Crippen molar-refractivity contribution in [3.63, 3.8) is 0 Å². The van der Waals surface area contributed by atoms with Gasteiger partial charge in [-0.2, -0.15) is 0 Å². The summed E-state index contributed by atoms with van der Waals surface area (Å²) in [5, 5.41) is 11.5. The third-order valence-corrected chi connectivity index (χ3v) is 5.70. The van der Waals surface area contributed by atoms with Crippen molar-refractivity contribution in [3.05, 3.63) is 65.7 Å². The van der Waals surface area contributed by atoms with Crippen molar-refractivity contribution in [1.29, 1.82) is 0 Å². The molecule has 0 aliphatic rings. The van der Waals surface area contributed by atoms with Gasteiger partial charge in [0.05, 0.1) is 7.11 Å². The van der Waals surface area contributed by atoms with Gasteiger partial charge in [0.15, 0.2) is 4.34 Å². The summed E-state index contributed by atoms with van der Waals surface area (Å²) < 4.78 is 6.00. The van der Waals surface area contributed by atoms with Crippen molar-refractivity contribution in [2.45, 2.75) is 17.2 Å². The van der Waals surface area contributed by atoms with Crippen molar-refractivity contribution in [2.75, 3.05) is 18.2 Å². The molecule has 0 saturated heterocycles. The predicted octanol–water partition coefficient (Wildman–Crippen LogP) is 4.52. The number of hydrogen-bond donors (Lipinski definition) is 1. The fourth-order valence-electron chi connectivity index (χ4n) is 2.33. The Labute approximate surface area is 160 Å². The van der Waals surface area contributed by atoms with Gasteiger partial charge in [0.25, 0.3) is 5.91 Å². The minimum atomic E-state index is -0.222. The Morgan fingerprint density at radius 3 is 2.81 bits per heavy atom. The standard InChI is InChI=1S/C19H19N3O2S2/c1-24-16-11-5-10-15(13-16)17(23)20-18-21-22-19(26-18)25-12-6-9-14-7-3-2-4-8-14/h2-5,7-8,10-11,13H,6,9,12H2,1H3,(H,20,21,23). The van der Waals surface area contributed by atoms with Gasteiger partial charge in [-0.1, -0.05) is 59.5 Å². The summed E-state index contributed by atoms with van der Waals surface area (Å²) in [5.41, 5.74) is 1.87. The number of anilines is 1. The summed E-state index contributed by atoms with van der Waals surface area (Å²) in [5.74, 6) is 1.39. The molecular weight excluding hydrogens is 366 g/mol. The molecule has 3 rings (SSSR count). The molecule has 0 aliphatic carbocycles. The van der Waals surface area contributed by atoms with Crippen molar-refractivity contribution in [1.82, 2.24) is 10.2 Å². The molecule has 0 fully saturated rings. The molecule has 1 heterocycles. The van der Waals surface area contributed by atoms with E-state index in [0.29, 0.717) is 16.4 Å². The number of nitrogens with zero attached hydrogens (tertiary/aromatic N) is 2. The number of benzene rings is 2. The monoisotopic (exact) mass is 385 g/mol. The summed E-state index contributed by atoms with van der Waals surface area (Å²) in [7, 11) is 1.57. The van der Waals surface area contributed by atoms with Crippen molar-refractivity contribution in [2.24, 2.45) is 0 Å². The topological polar surface area (TPSA) is 64.1 Å². The zero-order valence-corrected chi connectivity index (χ0v) is 16.0. The number of aromatic nitrogens is 2. The summed E-state index contributed by atoms with van der Waals surface area (Å²) in [6.07, 6.45) is 2.12. The number of carbonyl (C=O) groups excluding carboxylic acids is 1. The number of ether oxygens (including phenoxy) is 1. The first-order valence-electron chi connectivity index (χ1n) is 8.20. The van der Waals surface area contributed by atoms with Crippen LogP contribution in [0, 0.1) is 0 Å². The van der Waals surface area contributed by atoms with Gasteiger partial charge in [0, 0.05) is 11.3 Å². The number of amides is 1. The average Bonchev–Trinajstić information content (AvgIpc) is 3.13. The third-order valence-electron chi connectivity index (χ3n) is 3.64. The summed E-state index contributed by atoms with van der Waals surface area (Å²) in [6, 6.07) is 17.4. The molecule has 0 radical (unpaired) electrons. The fraction of sp³-hybridized carbons (Fsp3) is 0.211. The first-order chi connectivity index (χ1) is 12.7. The molecule has 1 N–H and O–H groups in total. The lowest BCUT2D eigenvalue weighted by Gasteiger charge is -2.03. The van der Waals surface area contributed by atoms with Crippen LogP contribution in [0.1, 0.15) is 22.3 Å². The molecule has 134 valence electrons. The van der Waals surface area contributed by atoms with E-state index < -0.39 is 0 Å². The van der Waals surface area contributed by atoms with Crippen LogP contribution in [-0.4, -0.2) is 29.0 Å². The third kappa shape index (κ3) is 5.31. The second-order valence-electron chi connectivity index (χ2n) is 5.50. The first kappa shape index (κ1) is 18.4. The highest BCUT2D eigenvalue weighted by Crippen LogP contribution is 2.26. The second kappa shape index (κ2) is 9.35. The quantitative estimate of drug-likeness (QED) is 0.351. The molecular formula is C19H19N3O2S2. The Hall–Kier alpha value is -2.38. The van der Waals surface area contributed by atoms with Crippen LogP contribution in [0.4, 0.5) is 5.13 Å². The lowest BCUT2D eigenvalue weighted by atomic mass is 10.1. The number of methoxy groups -OCH3 is 1. The van der Waals surface area contributed by atoms with Crippen LogP contribution in [-0.2, 0) is 6.42 Å². The van der Waals surface area contributed by atoms with E-state index in [9.17, 15) is 4.79 Å². The molecule has 0 aliphatic heterocycles. The molecule has 1 aromatic heterocycles. The Morgan fingerprint density at radius 2 is 2.00 bits per heavy atom. The predicted molar refractivity (Wildman–Crippen MR) is 106 cm³/mol. The van der Waals surface area contributed by atoms with E-state index in [4.69, 9.17) is 4.74 Å². The fourth-order valence-corrected chi connectivity index (χ4v) is 4.09. The molecule has 0 atom stereocenters. The number of thioether (sulfide) groups is 1. The van der Waals surface area contributed by atoms with Crippen LogP contribution >= 0.6 is 23.1 Å². The van der Waals surface area contributed by atoms with Crippen molar-refractivity contribution >= 4 is 34.1 Å². The largest absolute Gasteiger partial charge is 0.497 e. The van der Waals surface area contributed by atoms with E-state index in [1.807, 2.05) is 6.07 Å². The smallest absolute Gasteiger partial charge is 0.257 e. The highest BCUT2D eigenvalue weighted by Gasteiger charge is 2.11. The van der Waals surface area contributed by atoms with E-state index >= 15 is 0 Å². The number of nitrogens with one attached hydrogen (secondary N) is 1. The lowest BCUT2D eigenvalue weighted by molar-refractivity contribution is 0.102. The number of hydrogen-bond acceptors (Lipinski definition) is 6. The Balaban J connectivity index is 1.47. The van der Waals surface area contributed by atoms with E-state index in [2.05, 4.69) is 39.8 Å². The number of carbonyl (C=O) groups is 1. The Morgan fingerprint density at radius 1 is 1.15 bits per heavy atom. The summed E-state index contributed by atoms with van der Waals surface area (Å²) in [4.78, 5) is 12.3. The molecule has 0 unspecified atom stereocenters. The highest BCUT2D eigenvalue weighted by atomic mass is 32.2. The van der Waals surface area contributed by atoms with E-state index in [1.54, 1.807) is 43.1 Å². The van der Waals surface area contributed by atoms with Gasteiger partial charge in [-0.15, -0.1) is 10.2 Å². The number of aryl methyl sites for hydroxylation is 1. The van der Waals surface area contributed by atoms with Gasteiger partial charge in [-0.25, -0.2) is 0 Å². The summed E-state index contributed by atoms with van der Waals surface area (Å²) >= 11 is 3.05. The molecule has 1 amide bonds.